The summed E-state index contributed by atoms with van der Waals surface area (Å²) in [5.74, 6) is 0.745. The smallest absolute Gasteiger partial charge is 0.257 e. The predicted molar refractivity (Wildman–Crippen MR) is 79.4 cm³/mol. The summed E-state index contributed by atoms with van der Waals surface area (Å²) in [4.78, 5) is 16.3. The number of hydrogen-bond acceptors (Lipinski definition) is 5. The van der Waals surface area contributed by atoms with Gasteiger partial charge in [0, 0.05) is 13.2 Å². The number of hydrogen-bond donors (Lipinski definition) is 2. The number of nitrogens with zero attached hydrogens (tertiary/aromatic N) is 2. The van der Waals surface area contributed by atoms with Gasteiger partial charge in [-0.25, -0.2) is 4.98 Å². The van der Waals surface area contributed by atoms with E-state index in [9.17, 15) is 4.79 Å². The van der Waals surface area contributed by atoms with Crippen LogP contribution in [0.3, 0.4) is 0 Å². The molecular weight excluding hydrogens is 268 g/mol. The second-order valence-electron chi connectivity index (χ2n) is 4.13. The molecule has 1 aromatic heterocycles. The maximum atomic E-state index is 12.2. The average molecular weight is 282 g/mol. The number of para-hydroxylation sites is 1. The molecule has 0 fully saturated rings. The molecule has 2 rings (SSSR count). The zero-order valence-corrected chi connectivity index (χ0v) is 11.7. The number of methoxy groups -OCH3 is 1. The van der Waals surface area contributed by atoms with Crippen LogP contribution in [0.1, 0.15) is 15.9 Å². The van der Waals surface area contributed by atoms with E-state index < -0.39 is 0 Å². The minimum atomic E-state index is -0.355. The van der Waals surface area contributed by atoms with Gasteiger partial charge in [-0.15, -0.1) is 0 Å². The summed E-state index contributed by atoms with van der Waals surface area (Å²) in [7, 11) is 3.23. The van der Waals surface area contributed by atoms with Crippen molar-refractivity contribution in [1.29, 1.82) is 5.26 Å². The van der Waals surface area contributed by atoms with Crippen LogP contribution in [0, 0.1) is 11.3 Å². The lowest BCUT2D eigenvalue weighted by molar-refractivity contribution is 0.102. The Bertz CT molecular complexity index is 690. The standard InChI is InChI=1S/C15H14N4O2/c1-17-13-7-6-11(9-18-13)15(20)19-14-10(8-16)4-3-5-12(14)21-2/h3-7,9H,1-2H3,(H,17,18)(H,19,20). The van der Waals surface area contributed by atoms with Crippen LogP contribution in [-0.2, 0) is 0 Å². The fourth-order valence-electron chi connectivity index (χ4n) is 1.79. The Kier molecular flexibility index (Phi) is 4.36. The van der Waals surface area contributed by atoms with Crippen LogP contribution >= 0.6 is 0 Å². The topological polar surface area (TPSA) is 87.0 Å². The van der Waals surface area contributed by atoms with Crippen molar-refractivity contribution in [2.45, 2.75) is 0 Å². The van der Waals surface area contributed by atoms with E-state index in [2.05, 4.69) is 15.6 Å². The molecule has 0 saturated heterocycles. The molecule has 106 valence electrons. The second-order valence-corrected chi connectivity index (χ2v) is 4.13. The van der Waals surface area contributed by atoms with Crippen LogP contribution in [-0.4, -0.2) is 25.0 Å². The number of nitrogens with one attached hydrogen (secondary N) is 2. The van der Waals surface area contributed by atoms with Crippen molar-refractivity contribution in [3.05, 3.63) is 47.7 Å². The lowest BCUT2D eigenvalue weighted by Gasteiger charge is -2.11. The van der Waals surface area contributed by atoms with E-state index in [1.54, 1.807) is 37.4 Å². The van der Waals surface area contributed by atoms with E-state index >= 15 is 0 Å². The van der Waals surface area contributed by atoms with Crippen molar-refractivity contribution >= 4 is 17.4 Å². The van der Waals surface area contributed by atoms with E-state index in [1.807, 2.05) is 6.07 Å². The molecule has 0 bridgehead atoms. The summed E-state index contributed by atoms with van der Waals surface area (Å²) >= 11 is 0. The molecule has 1 aromatic carbocycles. The van der Waals surface area contributed by atoms with Crippen molar-refractivity contribution in [3.8, 4) is 11.8 Å². The number of ether oxygens (including phenoxy) is 1. The maximum absolute atomic E-state index is 12.2. The van der Waals surface area contributed by atoms with E-state index in [1.165, 1.54) is 13.3 Å². The summed E-state index contributed by atoms with van der Waals surface area (Å²) in [6, 6.07) is 10.4. The Labute approximate surface area is 122 Å². The molecule has 1 amide bonds. The van der Waals surface area contributed by atoms with Crippen molar-refractivity contribution in [2.75, 3.05) is 24.8 Å². The molecule has 0 unspecified atom stereocenters. The van der Waals surface area contributed by atoms with Crippen molar-refractivity contribution in [2.24, 2.45) is 0 Å². The van der Waals surface area contributed by atoms with Crippen LogP contribution in [0.25, 0.3) is 0 Å². The van der Waals surface area contributed by atoms with Gasteiger partial charge in [-0.2, -0.15) is 5.26 Å². The van der Waals surface area contributed by atoms with Gasteiger partial charge in [0.25, 0.3) is 5.91 Å². The van der Waals surface area contributed by atoms with Gasteiger partial charge < -0.3 is 15.4 Å². The Morgan fingerprint density at radius 3 is 2.71 bits per heavy atom. The van der Waals surface area contributed by atoms with Crippen LogP contribution in [0.2, 0.25) is 0 Å². The molecule has 21 heavy (non-hydrogen) atoms. The van der Waals surface area contributed by atoms with E-state index in [4.69, 9.17) is 10.00 Å². The molecule has 0 aliphatic heterocycles. The molecule has 0 aliphatic rings. The largest absolute Gasteiger partial charge is 0.495 e. The molecule has 0 spiro atoms. The van der Waals surface area contributed by atoms with Gasteiger partial charge in [0.15, 0.2) is 0 Å². The zero-order chi connectivity index (χ0) is 15.2. The zero-order valence-electron chi connectivity index (χ0n) is 11.7. The van der Waals surface area contributed by atoms with Gasteiger partial charge in [-0.05, 0) is 24.3 Å². The molecule has 0 radical (unpaired) electrons. The summed E-state index contributed by atoms with van der Waals surface area (Å²) in [6.07, 6.45) is 1.46. The van der Waals surface area contributed by atoms with Crippen LogP contribution in [0.5, 0.6) is 5.75 Å². The van der Waals surface area contributed by atoms with E-state index in [-0.39, 0.29) is 5.91 Å². The lowest BCUT2D eigenvalue weighted by Crippen LogP contribution is -2.14. The number of benzene rings is 1. The highest BCUT2D eigenvalue weighted by molar-refractivity contribution is 6.05. The third kappa shape index (κ3) is 3.09. The molecule has 6 nitrogen and oxygen atoms in total. The molecule has 2 N–H and O–H groups in total. The van der Waals surface area contributed by atoms with Crippen LogP contribution < -0.4 is 15.4 Å². The Hall–Kier alpha value is -3.07. The first kappa shape index (κ1) is 14.3. The SMILES string of the molecule is CNc1ccc(C(=O)Nc2c(C#N)cccc2OC)cn1. The summed E-state index contributed by atoms with van der Waals surface area (Å²) in [5.41, 5.74) is 1.08. The Morgan fingerprint density at radius 1 is 1.33 bits per heavy atom. The lowest BCUT2D eigenvalue weighted by atomic mass is 10.1. The summed E-state index contributed by atoms with van der Waals surface area (Å²) in [5, 5.41) is 14.7. The predicted octanol–water partition coefficient (Wildman–Crippen LogP) is 2.26. The van der Waals surface area contributed by atoms with Crippen molar-refractivity contribution in [1.82, 2.24) is 4.98 Å². The molecule has 1 heterocycles. The highest BCUT2D eigenvalue weighted by atomic mass is 16.5. The monoisotopic (exact) mass is 282 g/mol. The number of carbonyl (C=O) groups is 1. The number of nitriles is 1. The summed E-state index contributed by atoms with van der Waals surface area (Å²) < 4.78 is 5.17. The van der Waals surface area contributed by atoms with Gasteiger partial charge in [0.05, 0.1) is 18.2 Å². The molecular formula is C15H14N4O2. The molecule has 0 atom stereocenters. The number of carbonyl (C=O) groups excluding carboxylic acids is 1. The van der Waals surface area contributed by atoms with E-state index in [0.29, 0.717) is 28.4 Å². The van der Waals surface area contributed by atoms with Crippen molar-refractivity contribution in [3.63, 3.8) is 0 Å². The minimum Gasteiger partial charge on any atom is -0.495 e. The summed E-state index contributed by atoms with van der Waals surface area (Å²) in [6.45, 7) is 0. The minimum absolute atomic E-state index is 0.336. The molecule has 2 aromatic rings. The number of anilines is 2. The number of pyridine rings is 1. The fourth-order valence-corrected chi connectivity index (χ4v) is 1.79. The normalized spacial score (nSPS) is 9.57. The van der Waals surface area contributed by atoms with Crippen LogP contribution in [0.15, 0.2) is 36.5 Å². The Balaban J connectivity index is 2.29. The Morgan fingerprint density at radius 2 is 2.14 bits per heavy atom. The van der Waals surface area contributed by atoms with Crippen LogP contribution in [0.4, 0.5) is 11.5 Å². The first-order valence-corrected chi connectivity index (χ1v) is 6.22. The van der Waals surface area contributed by atoms with Gasteiger partial charge in [0.1, 0.15) is 23.3 Å². The number of aromatic nitrogens is 1. The first-order chi connectivity index (χ1) is 10.2. The fraction of sp³-hybridized carbons (Fsp3) is 0.133. The quantitative estimate of drug-likeness (QED) is 0.898. The average Bonchev–Trinajstić information content (AvgIpc) is 2.55. The highest BCUT2D eigenvalue weighted by Gasteiger charge is 2.13. The molecule has 0 aliphatic carbocycles. The van der Waals surface area contributed by atoms with Gasteiger partial charge in [0.2, 0.25) is 0 Å². The highest BCUT2D eigenvalue weighted by Crippen LogP contribution is 2.28. The molecule has 0 saturated carbocycles. The first-order valence-electron chi connectivity index (χ1n) is 6.22. The number of rotatable bonds is 4. The third-order valence-electron chi connectivity index (χ3n) is 2.89. The second kappa shape index (κ2) is 6.39. The van der Waals surface area contributed by atoms with Gasteiger partial charge >= 0.3 is 0 Å². The van der Waals surface area contributed by atoms with Crippen molar-refractivity contribution < 1.29 is 9.53 Å². The van der Waals surface area contributed by atoms with E-state index in [0.717, 1.165) is 0 Å². The maximum Gasteiger partial charge on any atom is 0.257 e. The van der Waals surface area contributed by atoms with Gasteiger partial charge in [-0.3, -0.25) is 4.79 Å². The third-order valence-corrected chi connectivity index (χ3v) is 2.89. The van der Waals surface area contributed by atoms with Gasteiger partial charge in [-0.1, -0.05) is 6.07 Å². The number of amides is 1. The molecule has 6 heteroatoms.